The minimum Gasteiger partial charge on any atom is -0.392 e. The van der Waals surface area contributed by atoms with Gasteiger partial charge in [-0.05, 0) is 55.5 Å². The van der Waals surface area contributed by atoms with E-state index < -0.39 is 0 Å². The fourth-order valence-corrected chi connectivity index (χ4v) is 3.53. The van der Waals surface area contributed by atoms with Crippen LogP contribution in [0.5, 0.6) is 0 Å². The van der Waals surface area contributed by atoms with Crippen LogP contribution in [-0.2, 0) is 13.0 Å². The number of piperidine rings is 1. The van der Waals surface area contributed by atoms with Crippen LogP contribution < -0.4 is 0 Å². The van der Waals surface area contributed by atoms with E-state index in [-0.39, 0.29) is 6.10 Å². The Hall–Kier alpha value is -2.15. The molecule has 1 saturated heterocycles. The quantitative estimate of drug-likeness (QED) is 0.919. The number of nitrogens with zero attached hydrogens (tertiary/aromatic N) is 2. The summed E-state index contributed by atoms with van der Waals surface area (Å²) in [5.41, 5.74) is 3.07. The first-order chi connectivity index (χ1) is 11.8. The van der Waals surface area contributed by atoms with Crippen LogP contribution in [0.2, 0.25) is 0 Å². The molecule has 0 saturated carbocycles. The first-order valence-corrected chi connectivity index (χ1v) is 8.68. The van der Waals surface area contributed by atoms with Crippen LogP contribution in [0.1, 0.15) is 29.5 Å². The molecule has 2 aromatic rings. The highest BCUT2D eigenvalue weighted by Crippen LogP contribution is 2.24. The van der Waals surface area contributed by atoms with E-state index in [1.807, 2.05) is 42.5 Å². The largest absolute Gasteiger partial charge is 0.392 e. The summed E-state index contributed by atoms with van der Waals surface area (Å²) in [7, 11) is 0. The Kier molecular flexibility index (Phi) is 5.63. The van der Waals surface area contributed by atoms with Crippen molar-refractivity contribution in [1.29, 1.82) is 5.26 Å². The smallest absolute Gasteiger partial charge is 0.0995 e. The molecule has 0 unspecified atom stereocenters. The van der Waals surface area contributed by atoms with Crippen molar-refractivity contribution < 1.29 is 5.11 Å². The van der Waals surface area contributed by atoms with Gasteiger partial charge in [-0.3, -0.25) is 4.90 Å². The molecule has 1 heterocycles. The van der Waals surface area contributed by atoms with Crippen molar-refractivity contribution in [1.82, 2.24) is 4.90 Å². The van der Waals surface area contributed by atoms with E-state index in [4.69, 9.17) is 0 Å². The van der Waals surface area contributed by atoms with Crippen LogP contribution in [-0.4, -0.2) is 29.2 Å². The molecule has 0 spiro atoms. The monoisotopic (exact) mass is 320 g/mol. The Labute approximate surface area is 144 Å². The summed E-state index contributed by atoms with van der Waals surface area (Å²) in [4.78, 5) is 2.39. The molecule has 3 nitrogen and oxygen atoms in total. The second kappa shape index (κ2) is 8.10. The highest BCUT2D eigenvalue weighted by Gasteiger charge is 2.25. The van der Waals surface area contributed by atoms with Gasteiger partial charge in [0.15, 0.2) is 0 Å². The van der Waals surface area contributed by atoms with Crippen molar-refractivity contribution in [3.05, 3.63) is 71.3 Å². The zero-order valence-corrected chi connectivity index (χ0v) is 13.9. The molecule has 24 heavy (non-hydrogen) atoms. The number of aliphatic hydroxyl groups excluding tert-OH is 1. The highest BCUT2D eigenvalue weighted by atomic mass is 16.3. The molecule has 0 radical (unpaired) electrons. The summed E-state index contributed by atoms with van der Waals surface area (Å²) >= 11 is 0. The summed E-state index contributed by atoms with van der Waals surface area (Å²) < 4.78 is 0. The Balaban J connectivity index is 1.51. The molecule has 1 aliphatic heterocycles. The fourth-order valence-electron chi connectivity index (χ4n) is 3.53. The van der Waals surface area contributed by atoms with Crippen molar-refractivity contribution >= 4 is 0 Å². The lowest BCUT2D eigenvalue weighted by Crippen LogP contribution is -2.38. The maximum absolute atomic E-state index is 10.5. The molecule has 2 aromatic carbocycles. The van der Waals surface area contributed by atoms with Crippen LogP contribution in [0.25, 0.3) is 0 Å². The second-order valence-corrected chi connectivity index (χ2v) is 6.64. The average Bonchev–Trinajstić information content (AvgIpc) is 2.63. The third-order valence-corrected chi connectivity index (χ3v) is 5.00. The van der Waals surface area contributed by atoms with Gasteiger partial charge in [0.2, 0.25) is 0 Å². The van der Waals surface area contributed by atoms with E-state index in [1.54, 1.807) is 0 Å². The Morgan fingerprint density at radius 2 is 1.71 bits per heavy atom. The van der Waals surface area contributed by atoms with Gasteiger partial charge in [0.1, 0.15) is 0 Å². The zero-order valence-electron chi connectivity index (χ0n) is 13.9. The van der Waals surface area contributed by atoms with E-state index >= 15 is 0 Å². The van der Waals surface area contributed by atoms with Gasteiger partial charge in [0.25, 0.3) is 0 Å². The van der Waals surface area contributed by atoms with Gasteiger partial charge in [-0.25, -0.2) is 0 Å². The molecule has 1 N–H and O–H groups in total. The lowest BCUT2D eigenvalue weighted by Gasteiger charge is -2.34. The normalized spacial score (nSPS) is 17.3. The third-order valence-electron chi connectivity index (χ3n) is 5.00. The number of aliphatic hydroxyl groups is 1. The van der Waals surface area contributed by atoms with E-state index in [0.717, 1.165) is 50.0 Å². The molecule has 3 heteroatoms. The van der Waals surface area contributed by atoms with E-state index in [1.165, 1.54) is 5.56 Å². The van der Waals surface area contributed by atoms with Gasteiger partial charge in [-0.15, -0.1) is 0 Å². The summed E-state index contributed by atoms with van der Waals surface area (Å²) in [6.45, 7) is 2.79. The van der Waals surface area contributed by atoms with Gasteiger partial charge in [0.05, 0.1) is 17.7 Å². The minimum atomic E-state index is -0.263. The molecule has 0 bridgehead atoms. The number of hydrogen-bond donors (Lipinski definition) is 1. The highest BCUT2D eigenvalue weighted by molar-refractivity contribution is 5.37. The second-order valence-electron chi connectivity index (χ2n) is 6.64. The van der Waals surface area contributed by atoms with Crippen LogP contribution in [0, 0.1) is 17.2 Å². The molecule has 0 aromatic heterocycles. The minimum absolute atomic E-state index is 0.263. The molecule has 0 amide bonds. The molecule has 1 aliphatic rings. The van der Waals surface area contributed by atoms with Crippen LogP contribution >= 0.6 is 0 Å². The molecule has 124 valence electrons. The lowest BCUT2D eigenvalue weighted by molar-refractivity contribution is 0.0576. The lowest BCUT2D eigenvalue weighted by atomic mass is 9.87. The number of hydrogen-bond acceptors (Lipinski definition) is 3. The van der Waals surface area contributed by atoms with Crippen LogP contribution in [0.3, 0.4) is 0 Å². The van der Waals surface area contributed by atoms with Crippen molar-refractivity contribution in [3.8, 4) is 6.07 Å². The Bertz CT molecular complexity index is 684. The van der Waals surface area contributed by atoms with Crippen molar-refractivity contribution in [2.24, 2.45) is 5.92 Å². The molecule has 3 rings (SSSR count). The van der Waals surface area contributed by atoms with Crippen molar-refractivity contribution in [3.63, 3.8) is 0 Å². The van der Waals surface area contributed by atoms with E-state index in [9.17, 15) is 10.4 Å². The summed E-state index contributed by atoms with van der Waals surface area (Å²) in [5.74, 6) is 0.368. The van der Waals surface area contributed by atoms with E-state index in [0.29, 0.717) is 5.92 Å². The Morgan fingerprint density at radius 3 is 2.42 bits per heavy atom. The first-order valence-electron chi connectivity index (χ1n) is 8.68. The van der Waals surface area contributed by atoms with Gasteiger partial charge >= 0.3 is 0 Å². The molecule has 1 fully saturated rings. The molecule has 0 aliphatic carbocycles. The van der Waals surface area contributed by atoms with Gasteiger partial charge in [-0.2, -0.15) is 5.26 Å². The summed E-state index contributed by atoms with van der Waals surface area (Å²) in [6, 6.07) is 20.3. The number of likely N-dealkylation sites (tertiary alicyclic amines) is 1. The third kappa shape index (κ3) is 4.23. The molecule has 1 atom stereocenters. The van der Waals surface area contributed by atoms with Gasteiger partial charge in [0, 0.05) is 6.54 Å². The molecular weight excluding hydrogens is 296 g/mol. The van der Waals surface area contributed by atoms with Gasteiger partial charge in [-0.1, -0.05) is 48.5 Å². The summed E-state index contributed by atoms with van der Waals surface area (Å²) in [5, 5.41) is 19.7. The van der Waals surface area contributed by atoms with Crippen LogP contribution in [0.15, 0.2) is 54.6 Å². The first kappa shape index (κ1) is 16.7. The summed E-state index contributed by atoms with van der Waals surface area (Å²) in [6.07, 6.45) is 2.51. The van der Waals surface area contributed by atoms with Crippen molar-refractivity contribution in [2.75, 3.05) is 13.1 Å². The molecular formula is C21H24N2O. The predicted octanol–water partition coefficient (Wildman–Crippen LogP) is 3.37. The SMILES string of the molecule is N#Cc1ccccc1CN1CCC([C@H](O)Cc2ccccc2)CC1. The number of rotatable bonds is 5. The predicted molar refractivity (Wildman–Crippen MR) is 95.3 cm³/mol. The van der Waals surface area contributed by atoms with Gasteiger partial charge < -0.3 is 5.11 Å². The van der Waals surface area contributed by atoms with Crippen LogP contribution in [0.4, 0.5) is 0 Å². The number of benzene rings is 2. The number of nitriles is 1. The average molecular weight is 320 g/mol. The fraction of sp³-hybridized carbons (Fsp3) is 0.381. The zero-order chi connectivity index (χ0) is 16.8. The van der Waals surface area contributed by atoms with Crippen molar-refractivity contribution in [2.45, 2.75) is 31.9 Å². The standard InChI is InChI=1S/C21H24N2O/c22-15-19-8-4-5-9-20(19)16-23-12-10-18(11-13-23)21(24)14-17-6-2-1-3-7-17/h1-9,18,21,24H,10-14,16H2/t21-/m1/s1. The maximum atomic E-state index is 10.5. The van der Waals surface area contributed by atoms with E-state index in [2.05, 4.69) is 23.1 Å². The topological polar surface area (TPSA) is 47.3 Å². The Morgan fingerprint density at radius 1 is 1.04 bits per heavy atom. The maximum Gasteiger partial charge on any atom is 0.0995 e.